The number of benzene rings is 1. The van der Waals surface area contributed by atoms with Crippen molar-refractivity contribution < 1.29 is 0 Å². The summed E-state index contributed by atoms with van der Waals surface area (Å²) >= 11 is 0. The second kappa shape index (κ2) is 5.85. The van der Waals surface area contributed by atoms with Crippen LogP contribution in [-0.2, 0) is 6.54 Å². The van der Waals surface area contributed by atoms with Gasteiger partial charge in [0.25, 0.3) is 0 Å². The summed E-state index contributed by atoms with van der Waals surface area (Å²) in [5.74, 6) is 0. The van der Waals surface area contributed by atoms with Crippen molar-refractivity contribution in [2.75, 3.05) is 20.1 Å². The van der Waals surface area contributed by atoms with Gasteiger partial charge in [-0.25, -0.2) is 0 Å². The molecular weight excluding hydrogens is 220 g/mol. The molecule has 0 amide bonds. The molecule has 0 aromatic heterocycles. The summed E-state index contributed by atoms with van der Waals surface area (Å²) in [4.78, 5) is 2.42. The molecule has 0 saturated carbocycles. The van der Waals surface area contributed by atoms with E-state index in [0.717, 1.165) is 6.54 Å². The Morgan fingerprint density at radius 2 is 1.67 bits per heavy atom. The maximum Gasteiger partial charge on any atom is 0.0210 e. The highest BCUT2D eigenvalue weighted by Gasteiger charge is 2.16. The van der Waals surface area contributed by atoms with E-state index in [9.17, 15) is 0 Å². The minimum Gasteiger partial charge on any atom is -0.310 e. The van der Waals surface area contributed by atoms with Crippen LogP contribution in [0.5, 0.6) is 0 Å². The maximum absolute atomic E-state index is 3.72. The third-order valence-corrected chi connectivity index (χ3v) is 4.25. The Morgan fingerprint density at radius 1 is 1.06 bits per heavy atom. The SMILES string of the molecule is Cc1cc(C)c(CNC2CCN(C)CC2)cc1C. The lowest BCUT2D eigenvalue weighted by molar-refractivity contribution is 0.234. The van der Waals surface area contributed by atoms with Gasteiger partial charge in [0.05, 0.1) is 0 Å². The number of rotatable bonds is 3. The number of likely N-dealkylation sites (tertiary alicyclic amines) is 1. The third-order valence-electron chi connectivity index (χ3n) is 4.25. The van der Waals surface area contributed by atoms with Gasteiger partial charge in [-0.05, 0) is 76.0 Å². The number of piperidine rings is 1. The molecule has 1 aromatic rings. The van der Waals surface area contributed by atoms with Gasteiger partial charge >= 0.3 is 0 Å². The lowest BCUT2D eigenvalue weighted by Gasteiger charge is -2.29. The van der Waals surface area contributed by atoms with E-state index in [1.54, 1.807) is 0 Å². The van der Waals surface area contributed by atoms with E-state index in [1.807, 2.05) is 0 Å². The third kappa shape index (κ3) is 3.33. The van der Waals surface area contributed by atoms with Gasteiger partial charge in [-0.1, -0.05) is 12.1 Å². The van der Waals surface area contributed by atoms with E-state index in [4.69, 9.17) is 0 Å². The van der Waals surface area contributed by atoms with E-state index in [0.29, 0.717) is 6.04 Å². The van der Waals surface area contributed by atoms with Gasteiger partial charge in [-0.2, -0.15) is 0 Å². The van der Waals surface area contributed by atoms with Crippen LogP contribution >= 0.6 is 0 Å². The van der Waals surface area contributed by atoms with E-state index >= 15 is 0 Å². The molecule has 1 fully saturated rings. The van der Waals surface area contributed by atoms with E-state index < -0.39 is 0 Å². The van der Waals surface area contributed by atoms with Crippen molar-refractivity contribution in [1.82, 2.24) is 10.2 Å². The zero-order valence-electron chi connectivity index (χ0n) is 12.2. The van der Waals surface area contributed by atoms with Gasteiger partial charge in [-0.3, -0.25) is 0 Å². The summed E-state index contributed by atoms with van der Waals surface area (Å²) in [6.45, 7) is 10.1. The van der Waals surface area contributed by atoms with Crippen LogP contribution in [0.25, 0.3) is 0 Å². The zero-order valence-corrected chi connectivity index (χ0v) is 12.2. The van der Waals surface area contributed by atoms with Crippen molar-refractivity contribution in [2.45, 2.75) is 46.2 Å². The molecule has 0 bridgehead atoms. The first-order chi connectivity index (χ1) is 8.56. The molecule has 2 rings (SSSR count). The molecule has 1 heterocycles. The summed E-state index contributed by atoms with van der Waals surface area (Å²) in [6, 6.07) is 5.34. The van der Waals surface area contributed by atoms with Gasteiger partial charge in [0.1, 0.15) is 0 Å². The molecule has 1 aliphatic rings. The van der Waals surface area contributed by atoms with Crippen molar-refractivity contribution in [1.29, 1.82) is 0 Å². The Balaban J connectivity index is 1.92. The zero-order chi connectivity index (χ0) is 13.1. The first-order valence-corrected chi connectivity index (χ1v) is 7.05. The molecule has 0 spiro atoms. The summed E-state index contributed by atoms with van der Waals surface area (Å²) in [5, 5.41) is 3.72. The molecular formula is C16H26N2. The summed E-state index contributed by atoms with van der Waals surface area (Å²) in [5.41, 5.74) is 5.67. The Labute approximate surface area is 111 Å². The highest BCUT2D eigenvalue weighted by Crippen LogP contribution is 2.16. The Kier molecular flexibility index (Phi) is 4.41. The van der Waals surface area contributed by atoms with Crippen molar-refractivity contribution in [2.24, 2.45) is 0 Å². The molecule has 0 atom stereocenters. The predicted molar refractivity (Wildman–Crippen MR) is 78.0 cm³/mol. The number of hydrogen-bond donors (Lipinski definition) is 1. The quantitative estimate of drug-likeness (QED) is 0.882. The molecule has 100 valence electrons. The van der Waals surface area contributed by atoms with Crippen LogP contribution in [0.15, 0.2) is 12.1 Å². The lowest BCUT2D eigenvalue weighted by Crippen LogP contribution is -2.40. The van der Waals surface area contributed by atoms with E-state index in [-0.39, 0.29) is 0 Å². The van der Waals surface area contributed by atoms with E-state index in [1.165, 1.54) is 48.2 Å². The standard InChI is InChI=1S/C16H26N2/c1-12-9-14(3)15(10-13(12)2)11-17-16-5-7-18(4)8-6-16/h9-10,16-17H,5-8,11H2,1-4H3. The van der Waals surface area contributed by atoms with Crippen LogP contribution in [0.3, 0.4) is 0 Å². The maximum atomic E-state index is 3.72. The number of nitrogens with one attached hydrogen (secondary N) is 1. The van der Waals surface area contributed by atoms with Gasteiger partial charge < -0.3 is 10.2 Å². The first-order valence-electron chi connectivity index (χ1n) is 7.05. The molecule has 0 unspecified atom stereocenters. The fourth-order valence-electron chi connectivity index (χ4n) is 2.68. The molecule has 1 N–H and O–H groups in total. The first kappa shape index (κ1) is 13.6. The van der Waals surface area contributed by atoms with Crippen molar-refractivity contribution >= 4 is 0 Å². The monoisotopic (exact) mass is 246 g/mol. The Morgan fingerprint density at radius 3 is 2.33 bits per heavy atom. The fourth-order valence-corrected chi connectivity index (χ4v) is 2.68. The Hall–Kier alpha value is -0.860. The van der Waals surface area contributed by atoms with E-state index in [2.05, 4.69) is 50.2 Å². The minimum absolute atomic E-state index is 0.696. The predicted octanol–water partition coefficient (Wildman–Crippen LogP) is 2.80. The fraction of sp³-hybridized carbons (Fsp3) is 0.625. The molecule has 0 radical (unpaired) electrons. The molecule has 0 aliphatic carbocycles. The largest absolute Gasteiger partial charge is 0.310 e. The highest BCUT2D eigenvalue weighted by molar-refractivity contribution is 5.36. The average Bonchev–Trinajstić information content (AvgIpc) is 2.34. The lowest BCUT2D eigenvalue weighted by atomic mass is 10.00. The van der Waals surface area contributed by atoms with Crippen LogP contribution in [0.4, 0.5) is 0 Å². The normalized spacial score (nSPS) is 18.2. The molecule has 2 heteroatoms. The van der Waals surface area contributed by atoms with Crippen molar-refractivity contribution in [3.63, 3.8) is 0 Å². The number of aryl methyl sites for hydroxylation is 3. The highest BCUT2D eigenvalue weighted by atomic mass is 15.1. The molecule has 1 saturated heterocycles. The van der Waals surface area contributed by atoms with Gasteiger partial charge in [-0.15, -0.1) is 0 Å². The van der Waals surface area contributed by atoms with Crippen LogP contribution in [0.2, 0.25) is 0 Å². The minimum atomic E-state index is 0.696. The summed E-state index contributed by atoms with van der Waals surface area (Å²) in [7, 11) is 2.21. The topological polar surface area (TPSA) is 15.3 Å². The molecule has 18 heavy (non-hydrogen) atoms. The van der Waals surface area contributed by atoms with Crippen LogP contribution in [0.1, 0.15) is 35.1 Å². The Bertz CT molecular complexity index is 404. The number of hydrogen-bond acceptors (Lipinski definition) is 2. The molecule has 1 aromatic carbocycles. The summed E-state index contributed by atoms with van der Waals surface area (Å²) < 4.78 is 0. The van der Waals surface area contributed by atoms with Crippen molar-refractivity contribution in [3.8, 4) is 0 Å². The van der Waals surface area contributed by atoms with Crippen molar-refractivity contribution in [3.05, 3.63) is 34.4 Å². The number of nitrogens with zero attached hydrogens (tertiary/aromatic N) is 1. The summed E-state index contributed by atoms with van der Waals surface area (Å²) in [6.07, 6.45) is 2.56. The average molecular weight is 246 g/mol. The smallest absolute Gasteiger partial charge is 0.0210 e. The molecule has 2 nitrogen and oxygen atoms in total. The van der Waals surface area contributed by atoms with Gasteiger partial charge in [0.15, 0.2) is 0 Å². The second-order valence-electron chi connectivity index (χ2n) is 5.82. The van der Waals surface area contributed by atoms with Crippen LogP contribution in [0, 0.1) is 20.8 Å². The van der Waals surface area contributed by atoms with Gasteiger partial charge in [0.2, 0.25) is 0 Å². The second-order valence-corrected chi connectivity index (χ2v) is 5.82. The van der Waals surface area contributed by atoms with Crippen LogP contribution in [-0.4, -0.2) is 31.1 Å². The van der Waals surface area contributed by atoms with Gasteiger partial charge in [0, 0.05) is 12.6 Å². The van der Waals surface area contributed by atoms with Crippen LogP contribution < -0.4 is 5.32 Å². The molecule has 1 aliphatic heterocycles.